The molecule has 7 heteroatoms. The van der Waals surface area contributed by atoms with E-state index < -0.39 is 23.8 Å². The Morgan fingerprint density at radius 3 is 2.05 bits per heavy atom. The van der Waals surface area contributed by atoms with Crippen molar-refractivity contribution >= 4 is 23.6 Å². The van der Waals surface area contributed by atoms with Gasteiger partial charge in [-0.15, -0.1) is 0 Å². The minimum Gasteiger partial charge on any atom is -0.444 e. The quantitative estimate of drug-likeness (QED) is 0.216. The maximum atomic E-state index is 14.6. The van der Waals surface area contributed by atoms with Crippen LogP contribution in [-0.2, 0) is 20.7 Å². The molecule has 0 aromatic heterocycles. The van der Waals surface area contributed by atoms with Crippen LogP contribution in [0, 0.1) is 20.8 Å². The van der Waals surface area contributed by atoms with Crippen molar-refractivity contribution in [2.45, 2.75) is 91.8 Å². The number of para-hydroxylation sites is 1. The van der Waals surface area contributed by atoms with Gasteiger partial charge in [0.2, 0.25) is 5.91 Å². The van der Waals surface area contributed by atoms with Crippen molar-refractivity contribution in [3.05, 3.63) is 101 Å². The fourth-order valence-electron chi connectivity index (χ4n) is 5.02. The number of anilines is 1. The molecule has 3 rings (SSSR count). The fourth-order valence-corrected chi connectivity index (χ4v) is 5.02. The van der Waals surface area contributed by atoms with Crippen molar-refractivity contribution in [3.63, 3.8) is 0 Å². The summed E-state index contributed by atoms with van der Waals surface area (Å²) >= 11 is 0. The smallest absolute Gasteiger partial charge is 0.408 e. The average Bonchev–Trinajstić information content (AvgIpc) is 2.94. The van der Waals surface area contributed by atoms with Crippen LogP contribution in [-0.4, -0.2) is 41.0 Å². The first-order valence-corrected chi connectivity index (χ1v) is 15.2. The second-order valence-electron chi connectivity index (χ2n) is 12.2. The molecule has 0 saturated heterocycles. The lowest BCUT2D eigenvalue weighted by Gasteiger charge is -2.35. The zero-order valence-corrected chi connectivity index (χ0v) is 26.7. The number of hydrogen-bond donors (Lipinski definition) is 2. The number of carbonyl (C=O) groups excluding carboxylic acids is 3. The Bertz CT molecular complexity index is 1340. The molecular formula is C36H47N3O4. The average molecular weight is 586 g/mol. The molecule has 3 amide bonds. The van der Waals surface area contributed by atoms with E-state index in [2.05, 4.69) is 17.6 Å². The third kappa shape index (κ3) is 9.98. The second-order valence-corrected chi connectivity index (χ2v) is 12.2. The minimum atomic E-state index is -0.945. The summed E-state index contributed by atoms with van der Waals surface area (Å²) in [4.78, 5) is 43.5. The van der Waals surface area contributed by atoms with Gasteiger partial charge in [-0.2, -0.15) is 0 Å². The van der Waals surface area contributed by atoms with Crippen LogP contribution in [0.5, 0.6) is 0 Å². The van der Waals surface area contributed by atoms with Gasteiger partial charge >= 0.3 is 6.09 Å². The monoisotopic (exact) mass is 585 g/mol. The summed E-state index contributed by atoms with van der Waals surface area (Å²) < 4.78 is 5.55. The van der Waals surface area contributed by atoms with Crippen LogP contribution in [0.3, 0.4) is 0 Å². The largest absolute Gasteiger partial charge is 0.444 e. The number of ether oxygens (including phenoxy) is 1. The van der Waals surface area contributed by atoms with Gasteiger partial charge in [-0.3, -0.25) is 9.59 Å². The van der Waals surface area contributed by atoms with Gasteiger partial charge in [-0.1, -0.05) is 98.1 Å². The first-order chi connectivity index (χ1) is 20.4. The highest BCUT2D eigenvalue weighted by molar-refractivity contribution is 6.00. The number of hydrogen-bond acceptors (Lipinski definition) is 4. The first kappa shape index (κ1) is 33.4. The summed E-state index contributed by atoms with van der Waals surface area (Å²) in [5.74, 6) is -0.644. The van der Waals surface area contributed by atoms with Gasteiger partial charge in [0.05, 0.1) is 0 Å². The van der Waals surface area contributed by atoms with Gasteiger partial charge < -0.3 is 20.3 Å². The molecule has 0 aliphatic carbocycles. The van der Waals surface area contributed by atoms with Crippen LogP contribution in [0.15, 0.2) is 72.8 Å². The van der Waals surface area contributed by atoms with E-state index in [0.717, 1.165) is 40.8 Å². The molecule has 0 heterocycles. The van der Waals surface area contributed by atoms with E-state index in [4.69, 9.17) is 4.74 Å². The first-order valence-electron chi connectivity index (χ1n) is 15.2. The maximum Gasteiger partial charge on any atom is 0.408 e. The molecule has 0 saturated carbocycles. The predicted octanol–water partition coefficient (Wildman–Crippen LogP) is 7.45. The van der Waals surface area contributed by atoms with E-state index in [1.165, 1.54) is 0 Å². The Labute approximate surface area is 257 Å². The molecule has 3 aromatic carbocycles. The molecule has 0 radical (unpaired) electrons. The molecular weight excluding hydrogens is 538 g/mol. The molecule has 0 spiro atoms. The molecule has 230 valence electrons. The van der Waals surface area contributed by atoms with Gasteiger partial charge in [-0.05, 0) is 70.2 Å². The molecule has 0 aliphatic heterocycles. The highest BCUT2D eigenvalue weighted by atomic mass is 16.6. The minimum absolute atomic E-state index is 0.252. The molecule has 3 aromatic rings. The van der Waals surface area contributed by atoms with E-state index >= 15 is 0 Å². The van der Waals surface area contributed by atoms with Gasteiger partial charge in [0.1, 0.15) is 17.7 Å². The number of amides is 3. The highest BCUT2D eigenvalue weighted by Gasteiger charge is 2.36. The lowest BCUT2D eigenvalue weighted by atomic mass is 9.98. The maximum absolute atomic E-state index is 14.6. The number of alkyl carbamates (subject to hydrolysis) is 1. The molecule has 0 bridgehead atoms. The number of benzene rings is 3. The Balaban J connectivity index is 2.08. The molecule has 7 nitrogen and oxygen atoms in total. The molecule has 2 N–H and O–H groups in total. The van der Waals surface area contributed by atoms with Crippen LogP contribution in [0.25, 0.3) is 0 Å². The standard InChI is InChI=1S/C36H47N3O4/c1-8-9-13-23-39(34(41)30(24-28-17-11-10-12-18-28)37-35(42)43-36(5,6)7)32(29-21-19-25(2)20-22-29)33(40)38-31-26(3)15-14-16-27(31)4/h10-12,14-22,30,32H,8-9,13,23-24H2,1-7H3,(H,37,42)(H,38,40). The number of nitrogens with zero attached hydrogens (tertiary/aromatic N) is 1. The van der Waals surface area contributed by atoms with Crippen LogP contribution < -0.4 is 10.6 Å². The van der Waals surface area contributed by atoms with Crippen LogP contribution in [0.4, 0.5) is 10.5 Å². The summed E-state index contributed by atoms with van der Waals surface area (Å²) in [6.45, 7) is 13.7. The summed E-state index contributed by atoms with van der Waals surface area (Å²) in [6.07, 6.45) is 2.14. The molecule has 2 unspecified atom stereocenters. The van der Waals surface area contributed by atoms with Crippen LogP contribution >= 0.6 is 0 Å². The lowest BCUT2D eigenvalue weighted by Crippen LogP contribution is -2.53. The Kier molecular flexibility index (Phi) is 11.9. The van der Waals surface area contributed by atoms with Crippen molar-refractivity contribution in [1.82, 2.24) is 10.2 Å². The highest BCUT2D eigenvalue weighted by Crippen LogP contribution is 2.28. The number of carbonyl (C=O) groups is 3. The molecule has 0 aliphatic rings. The summed E-state index contributed by atoms with van der Waals surface area (Å²) in [5.41, 5.74) is 4.52. The van der Waals surface area contributed by atoms with Crippen LogP contribution in [0.2, 0.25) is 0 Å². The number of rotatable bonds is 12. The number of nitrogens with one attached hydrogen (secondary N) is 2. The summed E-state index contributed by atoms with van der Waals surface area (Å²) in [6, 6.07) is 21.2. The Morgan fingerprint density at radius 1 is 0.837 bits per heavy atom. The number of aryl methyl sites for hydroxylation is 3. The van der Waals surface area contributed by atoms with E-state index in [1.54, 1.807) is 25.7 Å². The van der Waals surface area contributed by atoms with E-state index in [0.29, 0.717) is 18.5 Å². The molecule has 0 fully saturated rings. The van der Waals surface area contributed by atoms with E-state index in [-0.39, 0.29) is 18.2 Å². The fraction of sp³-hybridized carbons (Fsp3) is 0.417. The second kappa shape index (κ2) is 15.4. The lowest BCUT2D eigenvalue weighted by molar-refractivity contribution is -0.140. The third-order valence-electron chi connectivity index (χ3n) is 7.24. The predicted molar refractivity (Wildman–Crippen MR) is 173 cm³/mol. The van der Waals surface area contributed by atoms with Crippen LogP contribution in [0.1, 0.15) is 80.8 Å². The van der Waals surface area contributed by atoms with Crippen molar-refractivity contribution in [3.8, 4) is 0 Å². The number of unbranched alkanes of at least 4 members (excludes halogenated alkanes) is 2. The third-order valence-corrected chi connectivity index (χ3v) is 7.24. The van der Waals surface area contributed by atoms with Gasteiger partial charge in [0.15, 0.2) is 0 Å². The van der Waals surface area contributed by atoms with Crippen molar-refractivity contribution < 1.29 is 19.1 Å². The summed E-state index contributed by atoms with van der Waals surface area (Å²) in [5, 5.41) is 5.96. The van der Waals surface area contributed by atoms with E-state index in [1.807, 2.05) is 93.6 Å². The van der Waals surface area contributed by atoms with Crippen molar-refractivity contribution in [2.24, 2.45) is 0 Å². The Morgan fingerprint density at radius 2 is 1.47 bits per heavy atom. The van der Waals surface area contributed by atoms with Crippen molar-refractivity contribution in [2.75, 3.05) is 11.9 Å². The molecule has 43 heavy (non-hydrogen) atoms. The normalized spacial score (nSPS) is 12.6. The topological polar surface area (TPSA) is 87.7 Å². The SMILES string of the molecule is CCCCCN(C(=O)C(Cc1ccccc1)NC(=O)OC(C)(C)C)C(C(=O)Nc1c(C)cccc1C)c1ccc(C)cc1. The van der Waals surface area contributed by atoms with Gasteiger partial charge in [0, 0.05) is 18.7 Å². The zero-order valence-electron chi connectivity index (χ0n) is 26.7. The summed E-state index contributed by atoms with van der Waals surface area (Å²) in [7, 11) is 0. The van der Waals surface area contributed by atoms with Crippen molar-refractivity contribution in [1.29, 1.82) is 0 Å². The molecule has 2 atom stereocenters. The van der Waals surface area contributed by atoms with Gasteiger partial charge in [-0.25, -0.2) is 4.79 Å². The van der Waals surface area contributed by atoms with Gasteiger partial charge in [0.25, 0.3) is 5.91 Å². The van der Waals surface area contributed by atoms with E-state index in [9.17, 15) is 14.4 Å². The zero-order chi connectivity index (χ0) is 31.6. The Hall–Kier alpha value is -4.13.